The van der Waals surface area contributed by atoms with Gasteiger partial charge in [0.25, 0.3) is 0 Å². The Hall–Kier alpha value is -1.10. The van der Waals surface area contributed by atoms with Crippen molar-refractivity contribution in [3.05, 3.63) is 56.3 Å². The van der Waals surface area contributed by atoms with Gasteiger partial charge in [-0.3, -0.25) is 0 Å². The molecule has 0 aromatic heterocycles. The van der Waals surface area contributed by atoms with Crippen molar-refractivity contribution in [2.75, 3.05) is 0 Å². The van der Waals surface area contributed by atoms with E-state index < -0.39 is 5.82 Å². The van der Waals surface area contributed by atoms with Crippen LogP contribution in [0.4, 0.5) is 4.39 Å². The van der Waals surface area contributed by atoms with Gasteiger partial charge in [-0.25, -0.2) is 4.39 Å². The van der Waals surface area contributed by atoms with Crippen LogP contribution >= 0.6 is 27.5 Å². The van der Waals surface area contributed by atoms with Gasteiger partial charge in [-0.1, -0.05) is 17.7 Å². The van der Waals surface area contributed by atoms with Gasteiger partial charge in [-0.2, -0.15) is 0 Å². The van der Waals surface area contributed by atoms with E-state index in [-0.39, 0.29) is 12.3 Å². The smallest absolute Gasteiger partial charge is 0.180 e. The van der Waals surface area contributed by atoms with Gasteiger partial charge in [0.15, 0.2) is 11.6 Å². The van der Waals surface area contributed by atoms with E-state index >= 15 is 0 Å². The van der Waals surface area contributed by atoms with Crippen molar-refractivity contribution in [2.24, 2.45) is 5.73 Å². The highest BCUT2D eigenvalue weighted by Gasteiger charge is 2.13. The maximum absolute atomic E-state index is 14.2. The van der Waals surface area contributed by atoms with E-state index in [0.717, 1.165) is 11.1 Å². The summed E-state index contributed by atoms with van der Waals surface area (Å²) in [5, 5.41) is 0.692. The van der Waals surface area contributed by atoms with E-state index in [4.69, 9.17) is 22.1 Å². The molecule has 0 aliphatic heterocycles. The average Bonchev–Trinajstić information content (AvgIpc) is 2.41. The third-order valence-electron chi connectivity index (χ3n) is 2.98. The first-order valence-electron chi connectivity index (χ1n) is 6.05. The molecule has 0 saturated heterocycles. The zero-order valence-electron chi connectivity index (χ0n) is 11.1. The maximum Gasteiger partial charge on any atom is 0.180 e. The first-order chi connectivity index (χ1) is 9.43. The predicted octanol–water partition coefficient (Wildman–Crippen LogP) is 5.11. The highest BCUT2D eigenvalue weighted by atomic mass is 79.9. The lowest BCUT2D eigenvalue weighted by Gasteiger charge is -2.12. The van der Waals surface area contributed by atoms with Gasteiger partial charge in [-0.05, 0) is 64.7 Å². The standard InChI is InChI=1S/C15H14BrClFNO/c1-8-5-11(6-9(2)14(8)17)20-12-4-3-10(7-19)13(16)15(12)18/h3-6H,7,19H2,1-2H3. The van der Waals surface area contributed by atoms with E-state index in [1.807, 2.05) is 13.8 Å². The molecule has 0 bridgehead atoms. The summed E-state index contributed by atoms with van der Waals surface area (Å²) in [5.74, 6) is 0.240. The van der Waals surface area contributed by atoms with Crippen LogP contribution < -0.4 is 10.5 Å². The second-order valence-corrected chi connectivity index (χ2v) is 5.70. The van der Waals surface area contributed by atoms with Crippen molar-refractivity contribution in [1.82, 2.24) is 0 Å². The molecule has 0 heterocycles. The molecule has 0 saturated carbocycles. The van der Waals surface area contributed by atoms with Crippen molar-refractivity contribution >= 4 is 27.5 Å². The normalized spacial score (nSPS) is 10.7. The Labute approximate surface area is 130 Å². The molecule has 5 heteroatoms. The van der Waals surface area contributed by atoms with E-state index in [1.54, 1.807) is 24.3 Å². The minimum Gasteiger partial charge on any atom is -0.454 e. The number of hydrogen-bond donors (Lipinski definition) is 1. The summed E-state index contributed by atoms with van der Waals surface area (Å²) in [6.45, 7) is 4.02. The van der Waals surface area contributed by atoms with E-state index in [2.05, 4.69) is 15.9 Å². The quantitative estimate of drug-likeness (QED) is 0.827. The highest BCUT2D eigenvalue weighted by Crippen LogP contribution is 2.33. The van der Waals surface area contributed by atoms with Crippen LogP contribution in [0.15, 0.2) is 28.7 Å². The SMILES string of the molecule is Cc1cc(Oc2ccc(CN)c(Br)c2F)cc(C)c1Cl. The molecule has 2 aromatic carbocycles. The van der Waals surface area contributed by atoms with Gasteiger partial charge < -0.3 is 10.5 Å². The van der Waals surface area contributed by atoms with Crippen molar-refractivity contribution in [3.63, 3.8) is 0 Å². The predicted molar refractivity (Wildman–Crippen MR) is 83.0 cm³/mol. The first-order valence-corrected chi connectivity index (χ1v) is 7.22. The molecule has 0 radical (unpaired) electrons. The summed E-state index contributed by atoms with van der Waals surface area (Å²) < 4.78 is 20.1. The van der Waals surface area contributed by atoms with Crippen LogP contribution in [0.25, 0.3) is 0 Å². The lowest BCUT2D eigenvalue weighted by atomic mass is 10.1. The molecule has 0 atom stereocenters. The number of hydrogen-bond acceptors (Lipinski definition) is 2. The molecule has 106 valence electrons. The summed E-state index contributed by atoms with van der Waals surface area (Å²) in [4.78, 5) is 0. The van der Waals surface area contributed by atoms with Gasteiger partial charge in [0.1, 0.15) is 5.75 Å². The second kappa shape index (κ2) is 6.12. The fourth-order valence-electron chi connectivity index (χ4n) is 1.90. The van der Waals surface area contributed by atoms with Gasteiger partial charge in [-0.15, -0.1) is 0 Å². The van der Waals surface area contributed by atoms with Crippen LogP contribution in [0.5, 0.6) is 11.5 Å². The molecule has 2 N–H and O–H groups in total. The lowest BCUT2D eigenvalue weighted by Crippen LogP contribution is -2.00. The Morgan fingerprint density at radius 1 is 1.25 bits per heavy atom. The zero-order chi connectivity index (χ0) is 14.9. The van der Waals surface area contributed by atoms with E-state index in [9.17, 15) is 4.39 Å². The molecule has 2 nitrogen and oxygen atoms in total. The topological polar surface area (TPSA) is 35.2 Å². The molecule has 0 aliphatic rings. The van der Waals surface area contributed by atoms with Gasteiger partial charge >= 0.3 is 0 Å². The molecule has 2 aromatic rings. The molecular formula is C15H14BrClFNO. The van der Waals surface area contributed by atoms with E-state index in [0.29, 0.717) is 20.8 Å². The van der Waals surface area contributed by atoms with Crippen LogP contribution in [-0.4, -0.2) is 0 Å². The average molecular weight is 359 g/mol. The number of benzene rings is 2. The van der Waals surface area contributed by atoms with Gasteiger partial charge in [0, 0.05) is 11.6 Å². The fraction of sp³-hybridized carbons (Fsp3) is 0.200. The Bertz CT molecular complexity index is 638. The molecule has 0 spiro atoms. The fourth-order valence-corrected chi connectivity index (χ4v) is 2.50. The Kier molecular flexibility index (Phi) is 4.68. The lowest BCUT2D eigenvalue weighted by molar-refractivity contribution is 0.439. The Morgan fingerprint density at radius 3 is 2.40 bits per heavy atom. The van der Waals surface area contributed by atoms with Crippen LogP contribution in [0.3, 0.4) is 0 Å². The van der Waals surface area contributed by atoms with Gasteiger partial charge in [0.05, 0.1) is 4.47 Å². The van der Waals surface area contributed by atoms with Crippen molar-refractivity contribution < 1.29 is 9.13 Å². The molecule has 0 fully saturated rings. The summed E-state index contributed by atoms with van der Waals surface area (Å²) in [5.41, 5.74) is 8.00. The zero-order valence-corrected chi connectivity index (χ0v) is 13.5. The van der Waals surface area contributed by atoms with Crippen molar-refractivity contribution in [3.8, 4) is 11.5 Å². The largest absolute Gasteiger partial charge is 0.454 e. The molecule has 0 unspecified atom stereocenters. The minimum atomic E-state index is -0.460. The van der Waals surface area contributed by atoms with E-state index in [1.165, 1.54) is 0 Å². The summed E-state index contributed by atoms with van der Waals surface area (Å²) >= 11 is 9.29. The van der Waals surface area contributed by atoms with Crippen LogP contribution in [0, 0.1) is 19.7 Å². The molecule has 20 heavy (non-hydrogen) atoms. The number of aryl methyl sites for hydroxylation is 2. The van der Waals surface area contributed by atoms with Crippen LogP contribution in [-0.2, 0) is 6.54 Å². The minimum absolute atomic E-state index is 0.148. The van der Waals surface area contributed by atoms with Crippen molar-refractivity contribution in [2.45, 2.75) is 20.4 Å². The monoisotopic (exact) mass is 357 g/mol. The number of halogens is 3. The summed E-state index contributed by atoms with van der Waals surface area (Å²) in [6, 6.07) is 6.86. The molecule has 2 rings (SSSR count). The Morgan fingerprint density at radius 2 is 1.85 bits per heavy atom. The summed E-state index contributed by atoms with van der Waals surface area (Å²) in [7, 11) is 0. The van der Waals surface area contributed by atoms with Crippen LogP contribution in [0.2, 0.25) is 5.02 Å². The number of rotatable bonds is 3. The first kappa shape index (κ1) is 15.3. The Balaban J connectivity index is 2.38. The molecule has 0 aliphatic carbocycles. The highest BCUT2D eigenvalue weighted by molar-refractivity contribution is 9.10. The second-order valence-electron chi connectivity index (χ2n) is 4.53. The summed E-state index contributed by atoms with van der Waals surface area (Å²) in [6.07, 6.45) is 0. The number of nitrogens with two attached hydrogens (primary N) is 1. The third kappa shape index (κ3) is 2.97. The van der Waals surface area contributed by atoms with Crippen LogP contribution in [0.1, 0.15) is 16.7 Å². The number of ether oxygens (including phenoxy) is 1. The van der Waals surface area contributed by atoms with Crippen molar-refractivity contribution in [1.29, 1.82) is 0 Å². The van der Waals surface area contributed by atoms with Gasteiger partial charge in [0.2, 0.25) is 0 Å². The maximum atomic E-state index is 14.2. The molecular weight excluding hydrogens is 345 g/mol. The molecule has 0 amide bonds. The third-order valence-corrected chi connectivity index (χ3v) is 4.44.